The number of oxazole rings is 1. The van der Waals surface area contributed by atoms with Crippen molar-refractivity contribution in [3.8, 4) is 5.88 Å². The van der Waals surface area contributed by atoms with Crippen LogP contribution in [0, 0.1) is 6.92 Å². The highest BCUT2D eigenvalue weighted by molar-refractivity contribution is 5.79. The number of aryl methyl sites for hydroxylation is 1. The normalized spacial score (nSPS) is 13.8. The third-order valence-corrected chi connectivity index (χ3v) is 4.78. The fourth-order valence-corrected chi connectivity index (χ4v) is 3.42. The smallest absolute Gasteiger partial charge is 0.420 e. The molecule has 0 radical (unpaired) electrons. The Morgan fingerprint density at radius 2 is 2.03 bits per heavy atom. The van der Waals surface area contributed by atoms with Crippen LogP contribution in [0.3, 0.4) is 0 Å². The third kappa shape index (κ3) is 4.39. The first-order valence-electron chi connectivity index (χ1n) is 9.69. The lowest BCUT2D eigenvalue weighted by Gasteiger charge is -2.17. The molecule has 0 aliphatic carbocycles. The zero-order chi connectivity index (χ0) is 20.2. The Balaban J connectivity index is 1.30. The summed E-state index contributed by atoms with van der Waals surface area (Å²) in [7, 11) is 0. The SMILES string of the molecule is Cc1nc(OCCNC(=O)Cn2c(=O)oc3ccccc32)cc(N2CCCC2)n1. The van der Waals surface area contributed by atoms with Crippen molar-refractivity contribution < 1.29 is 13.9 Å². The maximum atomic E-state index is 12.2. The lowest BCUT2D eigenvalue weighted by molar-refractivity contribution is -0.121. The highest BCUT2D eigenvalue weighted by Crippen LogP contribution is 2.21. The van der Waals surface area contributed by atoms with E-state index in [1.807, 2.05) is 13.0 Å². The van der Waals surface area contributed by atoms with Crippen molar-refractivity contribution in [2.24, 2.45) is 0 Å². The van der Waals surface area contributed by atoms with Gasteiger partial charge in [0.1, 0.15) is 24.8 Å². The first-order valence-corrected chi connectivity index (χ1v) is 9.69. The molecule has 1 N–H and O–H groups in total. The number of rotatable bonds is 7. The van der Waals surface area contributed by atoms with Gasteiger partial charge in [0.25, 0.3) is 0 Å². The van der Waals surface area contributed by atoms with E-state index in [2.05, 4.69) is 20.2 Å². The number of amides is 1. The number of hydrogen-bond donors (Lipinski definition) is 1. The molecule has 4 rings (SSSR count). The second-order valence-electron chi connectivity index (χ2n) is 6.93. The molecule has 152 valence electrons. The van der Waals surface area contributed by atoms with Crippen LogP contribution in [0.5, 0.6) is 5.88 Å². The monoisotopic (exact) mass is 397 g/mol. The van der Waals surface area contributed by atoms with Crippen molar-refractivity contribution in [3.63, 3.8) is 0 Å². The van der Waals surface area contributed by atoms with Gasteiger partial charge < -0.3 is 19.4 Å². The number of nitrogens with zero attached hydrogens (tertiary/aromatic N) is 4. The van der Waals surface area contributed by atoms with E-state index < -0.39 is 5.76 Å². The highest BCUT2D eigenvalue weighted by Gasteiger charge is 2.16. The van der Waals surface area contributed by atoms with E-state index in [0.29, 0.717) is 29.3 Å². The molecule has 1 aliphatic heterocycles. The predicted octanol–water partition coefficient (Wildman–Crippen LogP) is 1.49. The van der Waals surface area contributed by atoms with Gasteiger partial charge in [-0.25, -0.2) is 9.78 Å². The number of nitrogens with one attached hydrogen (secondary N) is 1. The molecule has 1 aliphatic rings. The van der Waals surface area contributed by atoms with E-state index in [-0.39, 0.29) is 19.1 Å². The number of fused-ring (bicyclic) bond motifs is 1. The highest BCUT2D eigenvalue weighted by atomic mass is 16.5. The molecule has 9 heteroatoms. The van der Waals surface area contributed by atoms with Gasteiger partial charge in [-0.2, -0.15) is 4.98 Å². The van der Waals surface area contributed by atoms with Crippen LogP contribution in [-0.4, -0.2) is 46.7 Å². The topological polar surface area (TPSA) is 102 Å². The van der Waals surface area contributed by atoms with Crippen molar-refractivity contribution in [2.75, 3.05) is 31.1 Å². The molecule has 0 saturated carbocycles. The molecule has 0 spiro atoms. The standard InChI is InChI=1S/C20H23N5O4/c1-14-22-17(24-9-4-5-10-24)12-19(23-14)28-11-8-21-18(26)13-25-15-6-2-3-7-16(15)29-20(25)27/h2-3,6-7,12H,4-5,8-11,13H2,1H3,(H,21,26). The van der Waals surface area contributed by atoms with Gasteiger partial charge in [-0.3, -0.25) is 9.36 Å². The number of hydrogen-bond acceptors (Lipinski definition) is 7. The van der Waals surface area contributed by atoms with Gasteiger partial charge in [0.05, 0.1) is 12.1 Å². The molecular formula is C20H23N5O4. The zero-order valence-corrected chi connectivity index (χ0v) is 16.3. The molecule has 1 saturated heterocycles. The fourth-order valence-electron chi connectivity index (χ4n) is 3.42. The third-order valence-electron chi connectivity index (χ3n) is 4.78. The van der Waals surface area contributed by atoms with Crippen LogP contribution < -0.4 is 20.7 Å². The van der Waals surface area contributed by atoms with Crippen molar-refractivity contribution in [1.29, 1.82) is 0 Å². The van der Waals surface area contributed by atoms with Gasteiger partial charge in [-0.15, -0.1) is 0 Å². The van der Waals surface area contributed by atoms with Crippen LogP contribution in [0.2, 0.25) is 0 Å². The van der Waals surface area contributed by atoms with E-state index in [9.17, 15) is 9.59 Å². The first-order chi connectivity index (χ1) is 14.1. The summed E-state index contributed by atoms with van der Waals surface area (Å²) in [6.07, 6.45) is 2.33. The van der Waals surface area contributed by atoms with Crippen LogP contribution >= 0.6 is 0 Å². The molecule has 1 fully saturated rings. The lowest BCUT2D eigenvalue weighted by atomic mass is 10.3. The Morgan fingerprint density at radius 1 is 1.24 bits per heavy atom. The minimum Gasteiger partial charge on any atom is -0.476 e. The molecule has 9 nitrogen and oxygen atoms in total. The Bertz CT molecular complexity index is 1070. The predicted molar refractivity (Wildman–Crippen MR) is 107 cm³/mol. The Morgan fingerprint density at radius 3 is 2.86 bits per heavy atom. The van der Waals surface area contributed by atoms with Gasteiger partial charge in [-0.05, 0) is 31.9 Å². The summed E-state index contributed by atoms with van der Waals surface area (Å²) in [5, 5.41) is 2.75. The largest absolute Gasteiger partial charge is 0.476 e. The second kappa shape index (κ2) is 8.34. The minimum absolute atomic E-state index is 0.110. The molecule has 3 aromatic rings. The van der Waals surface area contributed by atoms with Crippen molar-refractivity contribution in [1.82, 2.24) is 19.9 Å². The van der Waals surface area contributed by atoms with E-state index in [0.717, 1.165) is 18.9 Å². The molecule has 3 heterocycles. The number of aromatic nitrogens is 3. The molecule has 2 aromatic heterocycles. The lowest BCUT2D eigenvalue weighted by Crippen LogP contribution is -2.33. The van der Waals surface area contributed by atoms with Gasteiger partial charge >= 0.3 is 5.76 Å². The Kier molecular flexibility index (Phi) is 5.46. The Hall–Kier alpha value is -3.36. The van der Waals surface area contributed by atoms with E-state index in [1.165, 1.54) is 17.4 Å². The van der Waals surface area contributed by atoms with Crippen molar-refractivity contribution in [2.45, 2.75) is 26.3 Å². The summed E-state index contributed by atoms with van der Waals surface area (Å²) < 4.78 is 12.1. The average molecular weight is 397 g/mol. The maximum Gasteiger partial charge on any atom is 0.420 e. The van der Waals surface area contributed by atoms with Crippen LogP contribution in [0.4, 0.5) is 5.82 Å². The quantitative estimate of drug-likeness (QED) is 0.603. The molecular weight excluding hydrogens is 374 g/mol. The summed E-state index contributed by atoms with van der Waals surface area (Å²) >= 11 is 0. The molecule has 1 aromatic carbocycles. The van der Waals surface area contributed by atoms with Crippen LogP contribution in [-0.2, 0) is 11.3 Å². The van der Waals surface area contributed by atoms with Gasteiger partial charge in [0.2, 0.25) is 11.8 Å². The average Bonchev–Trinajstić information content (AvgIpc) is 3.34. The van der Waals surface area contributed by atoms with Crippen LogP contribution in [0.15, 0.2) is 39.5 Å². The summed E-state index contributed by atoms with van der Waals surface area (Å²) in [4.78, 5) is 35.1. The summed E-state index contributed by atoms with van der Waals surface area (Å²) in [6, 6.07) is 8.83. The molecule has 1 amide bonds. The van der Waals surface area contributed by atoms with Gasteiger partial charge in [0.15, 0.2) is 5.58 Å². The van der Waals surface area contributed by atoms with Gasteiger partial charge in [-0.1, -0.05) is 12.1 Å². The van der Waals surface area contributed by atoms with E-state index in [1.54, 1.807) is 24.3 Å². The molecule has 29 heavy (non-hydrogen) atoms. The summed E-state index contributed by atoms with van der Waals surface area (Å²) in [5.74, 6) is 1.17. The molecule has 0 unspecified atom stereocenters. The number of carbonyl (C=O) groups is 1. The van der Waals surface area contributed by atoms with Gasteiger partial charge in [0, 0.05) is 19.2 Å². The number of para-hydroxylation sites is 2. The number of anilines is 1. The zero-order valence-electron chi connectivity index (χ0n) is 16.3. The number of ether oxygens (including phenoxy) is 1. The molecule has 0 bridgehead atoms. The van der Waals surface area contributed by atoms with E-state index >= 15 is 0 Å². The minimum atomic E-state index is -0.552. The fraction of sp³-hybridized carbons (Fsp3) is 0.400. The van der Waals surface area contributed by atoms with Crippen LogP contribution in [0.1, 0.15) is 18.7 Å². The summed E-state index contributed by atoms with van der Waals surface area (Å²) in [6.45, 7) is 4.28. The number of benzene rings is 1. The first kappa shape index (κ1) is 19.0. The second-order valence-corrected chi connectivity index (χ2v) is 6.93. The van der Waals surface area contributed by atoms with Crippen molar-refractivity contribution >= 4 is 22.8 Å². The molecule has 0 atom stereocenters. The van der Waals surface area contributed by atoms with Crippen molar-refractivity contribution in [3.05, 3.63) is 46.7 Å². The van der Waals surface area contributed by atoms with E-state index in [4.69, 9.17) is 9.15 Å². The number of carbonyl (C=O) groups excluding carboxylic acids is 1. The van der Waals surface area contributed by atoms with Crippen LogP contribution in [0.25, 0.3) is 11.1 Å². The summed E-state index contributed by atoms with van der Waals surface area (Å²) in [5.41, 5.74) is 1.05. The Labute approximate surface area is 167 Å². The maximum absolute atomic E-state index is 12.2.